The van der Waals surface area contributed by atoms with Crippen molar-refractivity contribution in [1.82, 2.24) is 4.90 Å². The van der Waals surface area contributed by atoms with Gasteiger partial charge in [0.15, 0.2) is 0 Å². The Hall–Kier alpha value is -0.631. The molecule has 0 aromatic heterocycles. The van der Waals surface area contributed by atoms with Crippen molar-refractivity contribution >= 4 is 24.5 Å². The van der Waals surface area contributed by atoms with E-state index < -0.39 is 40.4 Å². The van der Waals surface area contributed by atoms with Crippen molar-refractivity contribution in [3.05, 3.63) is 23.9 Å². The van der Waals surface area contributed by atoms with Crippen LogP contribution >= 0.6 is 0 Å². The Morgan fingerprint density at radius 3 is 2.14 bits per heavy atom. The molecule has 7 heteroatoms. The van der Waals surface area contributed by atoms with E-state index >= 15 is 8.78 Å². The van der Waals surface area contributed by atoms with Crippen molar-refractivity contribution in [1.29, 1.82) is 0 Å². The zero-order valence-corrected chi connectivity index (χ0v) is 21.0. The summed E-state index contributed by atoms with van der Waals surface area (Å²) in [6.07, 6.45) is 7.21. The third-order valence-electron chi connectivity index (χ3n) is 6.44. The number of carbonyl (C=O) groups excluding carboxylic acids is 1. The second-order valence-corrected chi connectivity index (χ2v) is 22.3. The van der Waals surface area contributed by atoms with Crippen molar-refractivity contribution in [2.75, 3.05) is 13.2 Å². The first kappa shape index (κ1) is 24.6. The van der Waals surface area contributed by atoms with Gasteiger partial charge in [-0.25, -0.2) is 0 Å². The molecule has 0 aromatic carbocycles. The molecule has 2 rings (SSSR count). The predicted octanol–water partition coefficient (Wildman–Crippen LogP) is 5.69. The number of aliphatic hydroxyl groups excluding tert-OH is 1. The second kappa shape index (κ2) is 11.1. The number of aliphatic hydroxyl groups is 1. The molecular formula is C22H37F2NO3Sn. The van der Waals surface area contributed by atoms with Gasteiger partial charge in [-0.15, -0.1) is 0 Å². The molecule has 0 bridgehead atoms. The maximum atomic E-state index is 16.6. The third kappa shape index (κ3) is 5.35. The van der Waals surface area contributed by atoms with Gasteiger partial charge in [0.25, 0.3) is 0 Å². The fourth-order valence-electron chi connectivity index (χ4n) is 4.60. The Kier molecular flexibility index (Phi) is 9.45. The van der Waals surface area contributed by atoms with Crippen LogP contribution in [0.5, 0.6) is 0 Å². The molecule has 3 atom stereocenters. The number of rotatable bonds is 12. The molecule has 166 valence electrons. The average molecular weight is 520 g/mol. The van der Waals surface area contributed by atoms with Crippen LogP contribution in [0.25, 0.3) is 0 Å². The SMILES string of the molecule is CCC[CH2][Sn]([CH2]CCC)([CH2]CCC)[C]1(F)C=CC(N2C[C@H](CO)OC2=O)=CC1F. The second-order valence-electron chi connectivity index (χ2n) is 8.48. The molecule has 1 amide bonds. The van der Waals surface area contributed by atoms with Gasteiger partial charge < -0.3 is 0 Å². The fourth-order valence-corrected chi connectivity index (χ4v) is 22.0. The van der Waals surface area contributed by atoms with Crippen LogP contribution in [0.3, 0.4) is 0 Å². The van der Waals surface area contributed by atoms with E-state index in [1.807, 2.05) is 0 Å². The van der Waals surface area contributed by atoms with Crippen LogP contribution in [-0.2, 0) is 4.74 Å². The van der Waals surface area contributed by atoms with Crippen LogP contribution in [0.1, 0.15) is 59.3 Å². The van der Waals surface area contributed by atoms with Crippen molar-refractivity contribution in [2.24, 2.45) is 0 Å². The normalized spacial score (nSPS) is 27.3. The Morgan fingerprint density at radius 1 is 1.17 bits per heavy atom. The fraction of sp³-hybridized carbons (Fsp3) is 0.773. The monoisotopic (exact) mass is 521 g/mol. The summed E-state index contributed by atoms with van der Waals surface area (Å²) in [5, 5.41) is 9.22. The van der Waals surface area contributed by atoms with Crippen molar-refractivity contribution < 1.29 is 23.4 Å². The number of hydrogen-bond donors (Lipinski definition) is 1. The summed E-state index contributed by atoms with van der Waals surface area (Å²) in [7, 11) is 0. The van der Waals surface area contributed by atoms with Crippen molar-refractivity contribution in [2.45, 2.75) is 88.6 Å². The molecule has 0 spiro atoms. The van der Waals surface area contributed by atoms with Gasteiger partial charge in [0.2, 0.25) is 0 Å². The number of cyclic esters (lactones) is 1. The first-order valence-electron chi connectivity index (χ1n) is 11.2. The van der Waals surface area contributed by atoms with Gasteiger partial charge >= 0.3 is 178 Å². The zero-order valence-electron chi connectivity index (χ0n) is 18.1. The standard InChI is InChI=1S/C10H10F2NO3.3C4H9.Sn/c11-8-2-1-6(3-9(8)12)13-4-7(5-14)16-10(13)15;3*1-3-4-2;/h1-3,7,9,14H,4-5H2;3*1,3-4H2,2H3;/t7-,9?;;;;/m1..../s1. The van der Waals surface area contributed by atoms with Gasteiger partial charge in [-0.05, 0) is 0 Å². The molecule has 1 saturated heterocycles. The number of carbonyl (C=O) groups is 1. The number of amides is 1. The molecule has 0 saturated carbocycles. The van der Waals surface area contributed by atoms with E-state index in [4.69, 9.17) is 4.74 Å². The Labute approximate surface area is 178 Å². The molecule has 2 unspecified atom stereocenters. The summed E-state index contributed by atoms with van der Waals surface area (Å²) in [6, 6.07) is 0. The van der Waals surface area contributed by atoms with E-state index in [1.54, 1.807) is 6.08 Å². The van der Waals surface area contributed by atoms with Gasteiger partial charge in [0, 0.05) is 0 Å². The molecule has 4 nitrogen and oxygen atoms in total. The summed E-state index contributed by atoms with van der Waals surface area (Å²) in [5.74, 6) is 0. The van der Waals surface area contributed by atoms with E-state index in [9.17, 15) is 9.90 Å². The third-order valence-corrected chi connectivity index (χ3v) is 23.6. The molecule has 1 N–H and O–H groups in total. The van der Waals surface area contributed by atoms with Gasteiger partial charge in [-0.1, -0.05) is 0 Å². The van der Waals surface area contributed by atoms with Crippen LogP contribution in [0, 0.1) is 0 Å². The topological polar surface area (TPSA) is 49.8 Å². The van der Waals surface area contributed by atoms with E-state index in [2.05, 4.69) is 20.8 Å². The molecule has 0 aromatic rings. The summed E-state index contributed by atoms with van der Waals surface area (Å²) in [6.45, 7) is 6.21. The molecule has 29 heavy (non-hydrogen) atoms. The van der Waals surface area contributed by atoms with Gasteiger partial charge in [-0.2, -0.15) is 0 Å². The summed E-state index contributed by atoms with van der Waals surface area (Å²) < 4.78 is 37.9. The Morgan fingerprint density at radius 2 is 1.72 bits per heavy atom. The van der Waals surface area contributed by atoms with Gasteiger partial charge in [0.05, 0.1) is 0 Å². The number of nitrogens with zero attached hydrogens (tertiary/aromatic N) is 1. The minimum absolute atomic E-state index is 0.160. The molecule has 1 heterocycles. The van der Waals surface area contributed by atoms with Crippen LogP contribution in [0.15, 0.2) is 23.9 Å². The number of halogens is 2. The van der Waals surface area contributed by atoms with Gasteiger partial charge in [-0.3, -0.25) is 0 Å². The van der Waals surface area contributed by atoms with E-state index in [0.717, 1.165) is 51.8 Å². The summed E-state index contributed by atoms with van der Waals surface area (Å²) >= 11 is -3.55. The minimum atomic E-state index is -3.55. The molecule has 1 aliphatic heterocycles. The quantitative estimate of drug-likeness (QED) is 0.337. The predicted molar refractivity (Wildman–Crippen MR) is 115 cm³/mol. The first-order chi connectivity index (χ1) is 13.9. The molecule has 1 aliphatic carbocycles. The van der Waals surface area contributed by atoms with Crippen LogP contribution in [0.4, 0.5) is 13.6 Å². The summed E-state index contributed by atoms with van der Waals surface area (Å²) in [4.78, 5) is 13.3. The van der Waals surface area contributed by atoms with Crippen molar-refractivity contribution in [3.63, 3.8) is 0 Å². The number of hydrogen-bond acceptors (Lipinski definition) is 3. The van der Waals surface area contributed by atoms with Gasteiger partial charge in [0.1, 0.15) is 0 Å². The van der Waals surface area contributed by atoms with Crippen LogP contribution < -0.4 is 0 Å². The number of allylic oxidation sites excluding steroid dienone is 3. The number of alkyl halides is 2. The van der Waals surface area contributed by atoms with Crippen LogP contribution in [0.2, 0.25) is 13.3 Å². The zero-order chi connectivity index (χ0) is 21.5. The van der Waals surface area contributed by atoms with Crippen LogP contribution in [-0.4, -0.2) is 63.6 Å². The first-order valence-corrected chi connectivity index (χ1v) is 18.7. The molecular weight excluding hydrogens is 483 g/mol. The van der Waals surface area contributed by atoms with E-state index in [-0.39, 0.29) is 13.2 Å². The number of unbranched alkanes of at least 4 members (excludes halogenated alkanes) is 3. The Balaban J connectivity index is 2.32. The van der Waals surface area contributed by atoms with Crippen molar-refractivity contribution in [3.8, 4) is 0 Å². The average Bonchev–Trinajstić information content (AvgIpc) is 3.10. The van der Waals surface area contributed by atoms with E-state index in [0.29, 0.717) is 5.70 Å². The maximum absolute atomic E-state index is 16.6. The molecule has 1 fully saturated rings. The van der Waals surface area contributed by atoms with E-state index in [1.165, 1.54) is 17.1 Å². The Bertz CT molecular complexity index is 591. The summed E-state index contributed by atoms with van der Waals surface area (Å²) in [5.41, 5.74) is 0.341. The molecule has 2 aliphatic rings. The number of ether oxygens (including phenoxy) is 1. The molecule has 0 radical (unpaired) electrons.